The van der Waals surface area contributed by atoms with Crippen molar-refractivity contribution in [2.24, 2.45) is 20.8 Å². The number of rotatable bonds is 3. The number of anilines is 1. The van der Waals surface area contributed by atoms with Crippen LogP contribution < -0.4 is 11.3 Å². The van der Waals surface area contributed by atoms with Crippen molar-refractivity contribution in [1.29, 1.82) is 0 Å². The predicted octanol–water partition coefficient (Wildman–Crippen LogP) is 1.90. The van der Waals surface area contributed by atoms with Gasteiger partial charge in [0.2, 0.25) is 18.1 Å². The molecule has 1 aliphatic rings. The highest BCUT2D eigenvalue weighted by Crippen LogP contribution is 2.47. The summed E-state index contributed by atoms with van der Waals surface area (Å²) >= 11 is 0. The molecule has 1 aromatic rings. The molecule has 0 aliphatic heterocycles. The number of nitrogens with zero attached hydrogens (tertiary/aromatic N) is 3. The third kappa shape index (κ3) is 7.25. The molecule has 1 saturated carbocycles. The molecule has 1 heterocycles. The Hall–Kier alpha value is -2.56. The minimum Gasteiger partial charge on any atom is -0.369 e. The summed E-state index contributed by atoms with van der Waals surface area (Å²) in [5.74, 6) is 0.167. The SMILES string of the molecule is CC1(C)CC(N=C=O)CC(C)(CN=C=O)C1.Cc1cc(=O)nc(N)[nH]1. The second-order valence-electron chi connectivity index (χ2n) is 7.63. The highest BCUT2D eigenvalue weighted by Gasteiger charge is 2.41. The van der Waals surface area contributed by atoms with Crippen LogP contribution in [-0.2, 0) is 9.59 Å². The number of hydrogen-bond donors (Lipinski definition) is 2. The third-order valence-corrected chi connectivity index (χ3v) is 4.08. The van der Waals surface area contributed by atoms with Crippen molar-refractivity contribution < 1.29 is 9.59 Å². The van der Waals surface area contributed by atoms with E-state index in [2.05, 4.69) is 40.7 Å². The molecule has 3 N–H and O–H groups in total. The maximum absolute atomic E-state index is 10.5. The Balaban J connectivity index is 0.000000293. The Bertz CT molecular complexity index is 722. The van der Waals surface area contributed by atoms with Crippen LogP contribution in [0.25, 0.3) is 0 Å². The molecule has 0 amide bonds. The summed E-state index contributed by atoms with van der Waals surface area (Å²) in [6.07, 6.45) is 5.88. The second kappa shape index (κ2) is 8.51. The Labute approximate surface area is 146 Å². The summed E-state index contributed by atoms with van der Waals surface area (Å²) in [5, 5.41) is 0. The summed E-state index contributed by atoms with van der Waals surface area (Å²) in [7, 11) is 0. The van der Waals surface area contributed by atoms with Gasteiger partial charge in [-0.1, -0.05) is 20.8 Å². The average Bonchev–Trinajstić information content (AvgIpc) is 2.42. The number of nitrogens with two attached hydrogens (primary N) is 1. The molecule has 8 nitrogen and oxygen atoms in total. The lowest BCUT2D eigenvalue weighted by Gasteiger charge is -2.44. The van der Waals surface area contributed by atoms with Crippen LogP contribution >= 0.6 is 0 Å². The van der Waals surface area contributed by atoms with Gasteiger partial charge in [-0.15, -0.1) is 0 Å². The van der Waals surface area contributed by atoms with E-state index in [1.165, 1.54) is 6.07 Å². The van der Waals surface area contributed by atoms with E-state index in [0.29, 0.717) is 6.54 Å². The minimum atomic E-state index is -0.302. The molecule has 1 aromatic heterocycles. The van der Waals surface area contributed by atoms with Gasteiger partial charge < -0.3 is 10.7 Å². The van der Waals surface area contributed by atoms with Gasteiger partial charge in [0.05, 0.1) is 12.6 Å². The highest BCUT2D eigenvalue weighted by molar-refractivity contribution is 5.34. The number of aliphatic imine (C=N–C) groups is 2. The quantitative estimate of drug-likeness (QED) is 0.637. The second-order valence-corrected chi connectivity index (χ2v) is 7.63. The number of isocyanates is 2. The number of hydrogen-bond acceptors (Lipinski definition) is 7. The number of aromatic nitrogens is 2. The topological polar surface area (TPSA) is 131 Å². The first-order valence-corrected chi connectivity index (χ1v) is 8.03. The first-order chi connectivity index (χ1) is 11.6. The summed E-state index contributed by atoms with van der Waals surface area (Å²) in [6.45, 7) is 8.61. The minimum absolute atomic E-state index is 0.00750. The zero-order valence-electron chi connectivity index (χ0n) is 15.1. The zero-order valence-corrected chi connectivity index (χ0v) is 15.1. The Morgan fingerprint density at radius 2 is 2.00 bits per heavy atom. The van der Waals surface area contributed by atoms with Gasteiger partial charge in [0.25, 0.3) is 5.56 Å². The Morgan fingerprint density at radius 1 is 1.32 bits per heavy atom. The number of aryl methyl sites for hydroxylation is 1. The summed E-state index contributed by atoms with van der Waals surface area (Å²) in [4.78, 5) is 44.6. The maximum atomic E-state index is 10.5. The summed E-state index contributed by atoms with van der Waals surface area (Å²) in [6, 6.07) is 1.39. The lowest BCUT2D eigenvalue weighted by molar-refractivity contribution is 0.0915. The van der Waals surface area contributed by atoms with E-state index in [9.17, 15) is 14.4 Å². The predicted molar refractivity (Wildman–Crippen MR) is 94.6 cm³/mol. The van der Waals surface area contributed by atoms with Crippen molar-refractivity contribution in [3.05, 3.63) is 22.1 Å². The third-order valence-electron chi connectivity index (χ3n) is 4.08. The van der Waals surface area contributed by atoms with Crippen molar-refractivity contribution in [2.45, 2.75) is 53.0 Å². The number of aromatic amines is 1. The fourth-order valence-electron chi connectivity index (χ4n) is 3.69. The molecule has 2 atom stereocenters. The van der Waals surface area contributed by atoms with Crippen LogP contribution in [0.2, 0.25) is 0 Å². The van der Waals surface area contributed by atoms with Crippen molar-refractivity contribution in [2.75, 3.05) is 12.3 Å². The van der Waals surface area contributed by atoms with E-state index in [4.69, 9.17) is 5.73 Å². The standard InChI is InChI=1S/C12H18N2O2.C5H7N3O/c1-11(2)4-10(14-9-16)5-12(3,6-11)7-13-8-15;1-3-2-4(9)8-5(6)7-3/h10H,4-7H2,1-3H3;2H,1H3,(H3,6,7,8,9). The Morgan fingerprint density at radius 3 is 2.52 bits per heavy atom. The van der Waals surface area contributed by atoms with E-state index in [1.807, 2.05) is 0 Å². The molecule has 1 aliphatic carbocycles. The van der Waals surface area contributed by atoms with Gasteiger partial charge >= 0.3 is 0 Å². The molecule has 1 fully saturated rings. The van der Waals surface area contributed by atoms with Gasteiger partial charge in [0, 0.05) is 11.8 Å². The van der Waals surface area contributed by atoms with Crippen molar-refractivity contribution in [3.8, 4) is 0 Å². The number of nitrogen functional groups attached to an aromatic ring is 1. The first kappa shape index (κ1) is 20.5. The largest absolute Gasteiger partial charge is 0.369 e. The maximum Gasteiger partial charge on any atom is 0.274 e. The molecule has 136 valence electrons. The van der Waals surface area contributed by atoms with Crippen LogP contribution in [0.5, 0.6) is 0 Å². The van der Waals surface area contributed by atoms with E-state index < -0.39 is 0 Å². The lowest BCUT2D eigenvalue weighted by atomic mass is 9.63. The molecule has 8 heteroatoms. The van der Waals surface area contributed by atoms with Crippen LogP contribution in [-0.4, -0.2) is 34.7 Å². The van der Waals surface area contributed by atoms with Crippen LogP contribution in [0.1, 0.15) is 45.7 Å². The van der Waals surface area contributed by atoms with Crippen LogP contribution in [0.15, 0.2) is 20.8 Å². The molecular weight excluding hydrogens is 322 g/mol. The fraction of sp³-hybridized carbons (Fsp3) is 0.647. The smallest absolute Gasteiger partial charge is 0.274 e. The first-order valence-electron chi connectivity index (χ1n) is 8.03. The molecular formula is C17H25N5O3. The van der Waals surface area contributed by atoms with E-state index in [0.717, 1.165) is 25.0 Å². The molecule has 2 unspecified atom stereocenters. The van der Waals surface area contributed by atoms with Gasteiger partial charge in [-0.25, -0.2) is 19.6 Å². The van der Waals surface area contributed by atoms with Gasteiger partial charge in [-0.3, -0.25) is 4.79 Å². The van der Waals surface area contributed by atoms with Crippen molar-refractivity contribution in [1.82, 2.24) is 9.97 Å². The average molecular weight is 347 g/mol. The highest BCUT2D eigenvalue weighted by atomic mass is 16.1. The van der Waals surface area contributed by atoms with Crippen LogP contribution in [0, 0.1) is 17.8 Å². The van der Waals surface area contributed by atoms with Gasteiger partial charge in [0.15, 0.2) is 0 Å². The summed E-state index contributed by atoms with van der Waals surface area (Å²) < 4.78 is 0. The monoisotopic (exact) mass is 347 g/mol. The van der Waals surface area contributed by atoms with Gasteiger partial charge in [-0.2, -0.15) is 4.98 Å². The molecule has 0 aromatic carbocycles. The normalized spacial score (nSPS) is 24.1. The van der Waals surface area contributed by atoms with Crippen molar-refractivity contribution in [3.63, 3.8) is 0 Å². The molecule has 2 rings (SSSR count). The molecule has 0 bridgehead atoms. The molecule has 0 saturated heterocycles. The zero-order chi connectivity index (χ0) is 19.1. The van der Waals surface area contributed by atoms with Crippen molar-refractivity contribution >= 4 is 18.1 Å². The van der Waals surface area contributed by atoms with E-state index >= 15 is 0 Å². The fourth-order valence-corrected chi connectivity index (χ4v) is 3.69. The number of H-pyrrole nitrogens is 1. The molecule has 0 spiro atoms. The summed E-state index contributed by atoms with van der Waals surface area (Å²) in [5.41, 5.74) is 5.68. The van der Waals surface area contributed by atoms with Crippen LogP contribution in [0.4, 0.5) is 5.95 Å². The Kier molecular flexibility index (Phi) is 6.97. The van der Waals surface area contributed by atoms with E-state index in [-0.39, 0.29) is 28.4 Å². The van der Waals surface area contributed by atoms with Crippen LogP contribution in [0.3, 0.4) is 0 Å². The van der Waals surface area contributed by atoms with Gasteiger partial charge in [0.1, 0.15) is 0 Å². The number of nitrogens with one attached hydrogen (secondary N) is 1. The molecule has 25 heavy (non-hydrogen) atoms. The number of carbonyl (C=O) groups excluding carboxylic acids is 2. The lowest BCUT2D eigenvalue weighted by Crippen LogP contribution is -2.39. The van der Waals surface area contributed by atoms with E-state index in [1.54, 1.807) is 19.1 Å². The molecule has 0 radical (unpaired) electrons. The van der Waals surface area contributed by atoms with Gasteiger partial charge in [-0.05, 0) is 37.0 Å².